The first kappa shape index (κ1) is 61.0. The van der Waals surface area contributed by atoms with E-state index in [-0.39, 0.29) is 31.3 Å². The minimum absolute atomic E-state index is 0.0849. The van der Waals surface area contributed by atoms with Crippen LogP contribution in [0.2, 0.25) is 0 Å². The number of hydrogen-bond acceptors (Lipinski definition) is 5. The molecule has 0 aromatic carbocycles. The number of hydrogen-bond donors (Lipinski definition) is 3. The average molecular weight is 898 g/mol. The highest BCUT2D eigenvalue weighted by Gasteiger charge is 2.23. The van der Waals surface area contributed by atoms with Crippen LogP contribution in [0.1, 0.15) is 201 Å². The van der Waals surface area contributed by atoms with Gasteiger partial charge in [-0.25, -0.2) is 0 Å². The number of esters is 1. The van der Waals surface area contributed by atoms with E-state index >= 15 is 0 Å². The molecule has 0 aliphatic carbocycles. The minimum atomic E-state index is -0.841. The molecule has 3 atom stereocenters. The first-order valence-electron chi connectivity index (χ1n) is 26.0. The Labute approximate surface area is 399 Å². The fraction of sp³-hybridized carbons (Fsp3) is 0.593. The Morgan fingerprint density at radius 3 is 1.37 bits per heavy atom. The van der Waals surface area contributed by atoms with Crippen LogP contribution in [-0.2, 0) is 14.3 Å². The zero-order valence-electron chi connectivity index (χ0n) is 41.6. The lowest BCUT2D eigenvalue weighted by atomic mass is 10.0. The smallest absolute Gasteiger partial charge is 0.306 e. The highest BCUT2D eigenvalue weighted by Crippen LogP contribution is 2.16. The molecular formula is C59H95NO5. The second-order valence-corrected chi connectivity index (χ2v) is 16.9. The van der Waals surface area contributed by atoms with E-state index in [4.69, 9.17) is 4.74 Å². The summed E-state index contributed by atoms with van der Waals surface area (Å²) in [7, 11) is 0. The summed E-state index contributed by atoms with van der Waals surface area (Å²) in [5.41, 5.74) is 0. The van der Waals surface area contributed by atoms with E-state index in [0.717, 1.165) is 64.2 Å². The summed E-state index contributed by atoms with van der Waals surface area (Å²) in [5, 5.41) is 23.7. The Balaban J connectivity index is 4.85. The van der Waals surface area contributed by atoms with Crippen molar-refractivity contribution >= 4 is 11.9 Å². The predicted octanol–water partition coefficient (Wildman–Crippen LogP) is 15.8. The highest BCUT2D eigenvalue weighted by atomic mass is 16.5. The first-order chi connectivity index (χ1) is 32.0. The van der Waals surface area contributed by atoms with Gasteiger partial charge in [-0.15, -0.1) is 0 Å². The molecule has 0 heterocycles. The molecule has 1 amide bonds. The fourth-order valence-corrected chi connectivity index (χ4v) is 6.99. The van der Waals surface area contributed by atoms with Gasteiger partial charge >= 0.3 is 5.97 Å². The number of ether oxygens (including phenoxy) is 1. The van der Waals surface area contributed by atoms with Gasteiger partial charge < -0.3 is 20.3 Å². The average Bonchev–Trinajstić information content (AvgIpc) is 3.30. The SMILES string of the molecule is CC/C=C\C/C=C\C/C=C\C/C=C\C/C=C\C/C=C\C(CC(=O)NC(CO)C(O)CCCCCCCCCCCCCCCCCC)OC(=O)CCC/C=C/C=C\C=C/C=C/C=C/CC. The topological polar surface area (TPSA) is 95.9 Å². The van der Waals surface area contributed by atoms with Crippen LogP contribution in [0.3, 0.4) is 0 Å². The van der Waals surface area contributed by atoms with Crippen molar-refractivity contribution in [2.45, 2.75) is 219 Å². The van der Waals surface area contributed by atoms with E-state index in [1.807, 2.05) is 60.8 Å². The molecule has 0 saturated carbocycles. The maximum Gasteiger partial charge on any atom is 0.306 e. The maximum absolute atomic E-state index is 13.2. The molecular weight excluding hydrogens is 803 g/mol. The van der Waals surface area contributed by atoms with Crippen molar-refractivity contribution in [1.29, 1.82) is 0 Å². The normalized spacial score (nSPS) is 14.4. The van der Waals surface area contributed by atoms with Gasteiger partial charge in [0.05, 0.1) is 25.2 Å². The minimum Gasteiger partial charge on any atom is -0.458 e. The molecule has 3 N–H and O–H groups in total. The number of nitrogens with one attached hydrogen (secondary N) is 1. The van der Waals surface area contributed by atoms with Gasteiger partial charge in [0.25, 0.3) is 0 Å². The Kier molecular flexibility index (Phi) is 47.9. The van der Waals surface area contributed by atoms with Gasteiger partial charge in [-0.2, -0.15) is 0 Å². The third-order valence-electron chi connectivity index (χ3n) is 10.8. The lowest BCUT2D eigenvalue weighted by molar-refractivity contribution is -0.148. The number of allylic oxidation sites excluding steroid dienone is 21. The Bertz CT molecular complexity index is 1420. The van der Waals surface area contributed by atoms with Crippen molar-refractivity contribution < 1.29 is 24.5 Å². The standard InChI is InChI=1S/C59H95NO5/c1-4-7-10-13-16-19-22-25-27-29-30-33-35-38-41-44-47-50-55(65-59(64)52-49-46-43-40-37-32-24-21-18-15-12-9-6-3)53-58(63)60-56(54-61)57(62)51-48-45-42-39-36-34-31-28-26-23-20-17-14-11-8-5-2/h7,9-10,12,15-16,18-19,21,24-25,27,30,32-33,37-38,40-41,43,47,50,55-57,61-62H,4-6,8,11,13-14,17,20,22-23,26,28-29,31,34-36,39,42,44-46,48-49,51-54H2,1-3H3,(H,60,63)/b10-7-,12-9+,18-15+,19-16-,24-21-,27-25-,33-30-,37-32-,41-38-,43-40+,50-47-. The molecule has 0 bridgehead atoms. The molecule has 3 unspecified atom stereocenters. The van der Waals surface area contributed by atoms with Crippen molar-refractivity contribution in [1.82, 2.24) is 5.32 Å². The van der Waals surface area contributed by atoms with Crippen LogP contribution in [0.25, 0.3) is 0 Å². The van der Waals surface area contributed by atoms with Crippen LogP contribution >= 0.6 is 0 Å². The van der Waals surface area contributed by atoms with Gasteiger partial charge in [0, 0.05) is 6.42 Å². The van der Waals surface area contributed by atoms with Crippen molar-refractivity contribution in [3.8, 4) is 0 Å². The zero-order valence-corrected chi connectivity index (χ0v) is 41.6. The lowest BCUT2D eigenvalue weighted by Crippen LogP contribution is -2.46. The Morgan fingerprint density at radius 1 is 0.492 bits per heavy atom. The number of carbonyl (C=O) groups excluding carboxylic acids is 2. The number of rotatable bonds is 44. The van der Waals surface area contributed by atoms with Crippen LogP contribution in [0, 0.1) is 0 Å². The number of amides is 1. The van der Waals surface area contributed by atoms with Gasteiger partial charge in [-0.05, 0) is 70.3 Å². The summed E-state index contributed by atoms with van der Waals surface area (Å²) in [6, 6.07) is -0.767. The molecule has 65 heavy (non-hydrogen) atoms. The van der Waals surface area contributed by atoms with Crippen LogP contribution in [0.4, 0.5) is 0 Å². The summed E-state index contributed by atoms with van der Waals surface area (Å²) in [6.45, 7) is 6.16. The van der Waals surface area contributed by atoms with Crippen LogP contribution in [0.15, 0.2) is 134 Å². The van der Waals surface area contributed by atoms with Crippen molar-refractivity contribution in [3.05, 3.63) is 134 Å². The van der Waals surface area contributed by atoms with E-state index < -0.39 is 18.2 Å². The predicted molar refractivity (Wildman–Crippen MR) is 282 cm³/mol. The van der Waals surface area contributed by atoms with Gasteiger partial charge in [-0.1, -0.05) is 251 Å². The molecule has 0 aliphatic rings. The Morgan fingerprint density at radius 2 is 0.908 bits per heavy atom. The second-order valence-electron chi connectivity index (χ2n) is 16.9. The zero-order chi connectivity index (χ0) is 47.4. The summed E-state index contributed by atoms with van der Waals surface area (Å²) in [6.07, 6.45) is 72.6. The van der Waals surface area contributed by atoms with Crippen LogP contribution in [-0.4, -0.2) is 46.9 Å². The molecule has 0 radical (unpaired) electrons. The third kappa shape index (κ3) is 46.3. The van der Waals surface area contributed by atoms with Gasteiger partial charge in [0.2, 0.25) is 5.91 Å². The number of aliphatic hydroxyl groups excluding tert-OH is 2. The fourth-order valence-electron chi connectivity index (χ4n) is 6.99. The molecule has 0 saturated heterocycles. The monoisotopic (exact) mass is 898 g/mol. The first-order valence-corrected chi connectivity index (χ1v) is 26.0. The Hall–Kier alpha value is -4.00. The van der Waals surface area contributed by atoms with E-state index in [9.17, 15) is 19.8 Å². The molecule has 0 aliphatic heterocycles. The second kappa shape index (κ2) is 51.0. The number of carbonyl (C=O) groups is 2. The van der Waals surface area contributed by atoms with E-state index in [1.54, 1.807) is 6.08 Å². The molecule has 0 aromatic heterocycles. The molecule has 0 fully saturated rings. The molecule has 366 valence electrons. The molecule has 6 heteroatoms. The van der Waals surface area contributed by atoms with E-state index in [2.05, 4.69) is 92.9 Å². The maximum atomic E-state index is 13.2. The van der Waals surface area contributed by atoms with Gasteiger partial charge in [0.1, 0.15) is 6.10 Å². The van der Waals surface area contributed by atoms with Crippen molar-refractivity contribution in [3.63, 3.8) is 0 Å². The highest BCUT2D eigenvalue weighted by molar-refractivity contribution is 5.78. The molecule has 6 nitrogen and oxygen atoms in total. The summed E-state index contributed by atoms with van der Waals surface area (Å²) in [5.74, 6) is -0.732. The largest absolute Gasteiger partial charge is 0.458 e. The van der Waals surface area contributed by atoms with Crippen LogP contribution in [0.5, 0.6) is 0 Å². The van der Waals surface area contributed by atoms with Gasteiger partial charge in [0.15, 0.2) is 0 Å². The number of aliphatic hydroxyl groups is 2. The van der Waals surface area contributed by atoms with E-state index in [1.165, 1.54) is 83.5 Å². The molecule has 0 spiro atoms. The van der Waals surface area contributed by atoms with Crippen LogP contribution < -0.4 is 5.32 Å². The van der Waals surface area contributed by atoms with Crippen molar-refractivity contribution in [2.24, 2.45) is 0 Å². The van der Waals surface area contributed by atoms with E-state index in [0.29, 0.717) is 19.3 Å². The summed E-state index contributed by atoms with van der Waals surface area (Å²) in [4.78, 5) is 26.1. The third-order valence-corrected chi connectivity index (χ3v) is 10.8. The number of unbranched alkanes of at least 4 members (excludes halogenated alkanes) is 16. The molecule has 0 aromatic rings. The molecule has 0 rings (SSSR count). The quantitative estimate of drug-likeness (QED) is 0.0245. The van der Waals surface area contributed by atoms with Gasteiger partial charge in [-0.3, -0.25) is 9.59 Å². The summed E-state index contributed by atoms with van der Waals surface area (Å²) < 4.78 is 5.78. The summed E-state index contributed by atoms with van der Waals surface area (Å²) >= 11 is 0. The van der Waals surface area contributed by atoms with Crippen molar-refractivity contribution in [2.75, 3.05) is 6.61 Å². The lowest BCUT2D eigenvalue weighted by Gasteiger charge is -2.23.